The maximum Gasteiger partial charge on any atom is 0.500 e. The molecular weight excluding hydrogens is 212 g/mol. The zero-order valence-corrected chi connectivity index (χ0v) is 10.8. The second kappa shape index (κ2) is 12.3. The van der Waals surface area contributed by atoms with Crippen molar-refractivity contribution in [3.05, 3.63) is 0 Å². The van der Waals surface area contributed by atoms with E-state index in [1.807, 2.05) is 0 Å². The van der Waals surface area contributed by atoms with Gasteiger partial charge in [-0.05, 0) is 0 Å². The van der Waals surface area contributed by atoms with Crippen molar-refractivity contribution >= 4 is 21.2 Å². The molecule has 0 radical (unpaired) electrons. The van der Waals surface area contributed by atoms with Crippen LogP contribution in [0.4, 0.5) is 0 Å². The van der Waals surface area contributed by atoms with Crippen LogP contribution in [0.2, 0.25) is 6.04 Å². The summed E-state index contributed by atoms with van der Waals surface area (Å²) in [7, 11) is 2.68. The summed E-state index contributed by atoms with van der Waals surface area (Å²) < 4.78 is 15.5. The molecule has 0 fully saturated rings. The predicted molar refractivity (Wildman–Crippen MR) is 59.2 cm³/mol. The van der Waals surface area contributed by atoms with Crippen molar-refractivity contribution in [3.63, 3.8) is 0 Å². The zero-order chi connectivity index (χ0) is 8.04. The highest BCUT2D eigenvalue weighted by molar-refractivity contribution is 6.60. The van der Waals surface area contributed by atoms with Gasteiger partial charge in [0.15, 0.2) is 0 Å². The lowest BCUT2D eigenvalue weighted by Crippen LogP contribution is -2.42. The Labute approximate surface area is 88.1 Å². The normalized spacial score (nSPS) is 9.23. The third kappa shape index (κ3) is 7.38. The lowest BCUT2D eigenvalue weighted by Gasteiger charge is -2.23. The van der Waals surface area contributed by atoms with Crippen LogP contribution in [-0.4, -0.2) is 30.1 Å². The molecule has 0 aromatic rings. The van der Waals surface area contributed by atoms with Crippen LogP contribution in [-0.2, 0) is 13.3 Å². The molecule has 0 rings (SSSR count). The maximum atomic E-state index is 5.17. The predicted octanol–water partition coefficient (Wildman–Crippen LogP) is 2.02. The van der Waals surface area contributed by atoms with E-state index >= 15 is 0 Å². The van der Waals surface area contributed by atoms with Gasteiger partial charge in [0.2, 0.25) is 0 Å². The lowest BCUT2D eigenvalue weighted by molar-refractivity contribution is 0.123. The van der Waals surface area contributed by atoms with E-state index in [0.29, 0.717) is 0 Å². The van der Waals surface area contributed by atoms with E-state index < -0.39 is 8.80 Å². The van der Waals surface area contributed by atoms with Crippen LogP contribution in [0.25, 0.3) is 0 Å². The summed E-state index contributed by atoms with van der Waals surface area (Å²) in [5, 5.41) is 0. The maximum absolute atomic E-state index is 5.17. The van der Waals surface area contributed by atoms with Gasteiger partial charge in [-0.15, -0.1) is 12.4 Å². The third-order valence-corrected chi connectivity index (χ3v) is 4.47. The summed E-state index contributed by atoms with van der Waals surface area (Å²) in [6.07, 6.45) is 1.03. The van der Waals surface area contributed by atoms with Crippen LogP contribution in [0.1, 0.15) is 13.3 Å². The SMILES string of the molecule is CCC[Si](OC)(OC)OC.Cl.N.N. The molecule has 0 spiro atoms. The standard InChI is InChI=1S/C6H16O3Si.ClH.2H3N/c1-5-6-10(7-2,8-3)9-4;;;/h5-6H2,1-4H3;1H;2*1H3. The highest BCUT2D eigenvalue weighted by atomic mass is 35.5. The summed E-state index contributed by atoms with van der Waals surface area (Å²) in [5.74, 6) is 0. The van der Waals surface area contributed by atoms with Gasteiger partial charge in [-0.25, -0.2) is 0 Å². The van der Waals surface area contributed by atoms with Gasteiger partial charge in [0.25, 0.3) is 0 Å². The van der Waals surface area contributed by atoms with Crippen LogP contribution in [0.5, 0.6) is 0 Å². The van der Waals surface area contributed by atoms with Gasteiger partial charge in [0.05, 0.1) is 0 Å². The Balaban J connectivity index is -0.000000135. The van der Waals surface area contributed by atoms with Crippen LogP contribution < -0.4 is 12.3 Å². The van der Waals surface area contributed by atoms with Gasteiger partial charge in [-0.3, -0.25) is 0 Å². The molecule has 0 aliphatic carbocycles. The molecule has 0 saturated heterocycles. The van der Waals surface area contributed by atoms with Crippen LogP contribution in [0.15, 0.2) is 0 Å². The minimum absolute atomic E-state index is 0. The smallest absolute Gasteiger partial charge is 0.377 e. The largest absolute Gasteiger partial charge is 0.500 e. The van der Waals surface area contributed by atoms with Crippen molar-refractivity contribution in [2.75, 3.05) is 21.3 Å². The molecule has 0 aliphatic heterocycles. The number of rotatable bonds is 5. The zero-order valence-electron chi connectivity index (χ0n) is 8.96. The highest BCUT2D eigenvalue weighted by Crippen LogP contribution is 2.13. The molecule has 0 unspecified atom stereocenters. The molecule has 86 valence electrons. The van der Waals surface area contributed by atoms with E-state index in [0.717, 1.165) is 12.5 Å². The van der Waals surface area contributed by atoms with Crippen LogP contribution in [0.3, 0.4) is 0 Å². The van der Waals surface area contributed by atoms with E-state index in [-0.39, 0.29) is 24.7 Å². The highest BCUT2D eigenvalue weighted by Gasteiger charge is 2.36. The van der Waals surface area contributed by atoms with Crippen molar-refractivity contribution in [2.24, 2.45) is 0 Å². The molecule has 0 saturated carbocycles. The van der Waals surface area contributed by atoms with E-state index in [1.54, 1.807) is 21.3 Å². The molecule has 0 bridgehead atoms. The first kappa shape index (κ1) is 23.3. The first-order chi connectivity index (χ1) is 4.74. The van der Waals surface area contributed by atoms with Crippen molar-refractivity contribution in [3.8, 4) is 0 Å². The summed E-state index contributed by atoms with van der Waals surface area (Å²) >= 11 is 0. The molecule has 7 heteroatoms. The first-order valence-corrected chi connectivity index (χ1v) is 5.33. The molecule has 0 aliphatic rings. The molecule has 0 aromatic carbocycles. The van der Waals surface area contributed by atoms with Gasteiger partial charge >= 0.3 is 8.80 Å². The second-order valence-corrected chi connectivity index (χ2v) is 5.14. The lowest BCUT2D eigenvalue weighted by atomic mass is 10.6. The van der Waals surface area contributed by atoms with Crippen molar-refractivity contribution < 1.29 is 13.3 Å². The quantitative estimate of drug-likeness (QED) is 0.710. The Morgan fingerprint density at radius 2 is 1.23 bits per heavy atom. The van der Waals surface area contributed by atoms with Crippen molar-refractivity contribution in [1.29, 1.82) is 0 Å². The van der Waals surface area contributed by atoms with E-state index in [1.165, 1.54) is 0 Å². The molecule has 0 atom stereocenters. The molecule has 0 amide bonds. The molecule has 13 heavy (non-hydrogen) atoms. The van der Waals surface area contributed by atoms with Crippen molar-refractivity contribution in [1.82, 2.24) is 12.3 Å². The number of hydrogen-bond donors (Lipinski definition) is 2. The Morgan fingerprint density at radius 3 is 1.31 bits per heavy atom. The fourth-order valence-corrected chi connectivity index (χ4v) is 2.59. The monoisotopic (exact) mass is 234 g/mol. The molecule has 0 heterocycles. The molecule has 5 nitrogen and oxygen atoms in total. The summed E-state index contributed by atoms with van der Waals surface area (Å²) in [4.78, 5) is 0. The minimum atomic E-state index is -2.22. The summed E-state index contributed by atoms with van der Waals surface area (Å²) in [6.45, 7) is 2.08. The van der Waals surface area contributed by atoms with Gasteiger partial charge in [-0.1, -0.05) is 13.3 Å². The first-order valence-electron chi connectivity index (χ1n) is 3.40. The van der Waals surface area contributed by atoms with Gasteiger partial charge in [0, 0.05) is 27.4 Å². The fourth-order valence-electron chi connectivity index (χ4n) is 0.862. The van der Waals surface area contributed by atoms with Gasteiger partial charge < -0.3 is 25.6 Å². The molecule has 6 N–H and O–H groups in total. The van der Waals surface area contributed by atoms with E-state index in [2.05, 4.69) is 6.92 Å². The Bertz CT molecular complexity index is 87.7. The topological polar surface area (TPSA) is 97.7 Å². The van der Waals surface area contributed by atoms with Crippen LogP contribution in [0, 0.1) is 0 Å². The van der Waals surface area contributed by atoms with Gasteiger partial charge in [0.1, 0.15) is 0 Å². The summed E-state index contributed by atoms with van der Waals surface area (Å²) in [5.41, 5.74) is 0. The third-order valence-electron chi connectivity index (χ3n) is 1.49. The van der Waals surface area contributed by atoms with Gasteiger partial charge in [-0.2, -0.15) is 0 Å². The second-order valence-electron chi connectivity index (χ2n) is 2.05. The molecule has 0 aromatic heterocycles. The Kier molecular flexibility index (Phi) is 22.0. The minimum Gasteiger partial charge on any atom is -0.377 e. The average molecular weight is 235 g/mol. The Hall–Kier alpha value is 0.307. The van der Waals surface area contributed by atoms with E-state index in [4.69, 9.17) is 13.3 Å². The van der Waals surface area contributed by atoms with Crippen molar-refractivity contribution in [2.45, 2.75) is 19.4 Å². The van der Waals surface area contributed by atoms with E-state index in [9.17, 15) is 0 Å². The molecular formula is C6H23ClN2O3Si. The average Bonchev–Trinajstić information content (AvgIpc) is 2.01. The number of hydrogen-bond acceptors (Lipinski definition) is 5. The fraction of sp³-hybridized carbons (Fsp3) is 1.00. The summed E-state index contributed by atoms with van der Waals surface area (Å²) in [6, 6.07) is 0.885. The number of halogens is 1. The van der Waals surface area contributed by atoms with Crippen LogP contribution >= 0.6 is 12.4 Å². The Morgan fingerprint density at radius 1 is 0.923 bits per heavy atom.